The van der Waals surface area contributed by atoms with Crippen molar-refractivity contribution < 1.29 is 4.39 Å². The van der Waals surface area contributed by atoms with Crippen LogP contribution in [0.3, 0.4) is 0 Å². The highest BCUT2D eigenvalue weighted by molar-refractivity contribution is 5.79. The van der Waals surface area contributed by atoms with E-state index < -0.39 is 0 Å². The Kier molecular flexibility index (Phi) is 7.41. The Labute approximate surface area is 149 Å². The fourth-order valence-corrected chi connectivity index (χ4v) is 2.66. The van der Waals surface area contributed by atoms with E-state index in [1.54, 1.807) is 7.05 Å². The molecule has 0 aliphatic heterocycles. The van der Waals surface area contributed by atoms with Gasteiger partial charge in [0.25, 0.3) is 0 Å². The van der Waals surface area contributed by atoms with Crippen molar-refractivity contribution >= 4 is 5.96 Å². The largest absolute Gasteiger partial charge is 0.356 e. The van der Waals surface area contributed by atoms with Gasteiger partial charge in [0.15, 0.2) is 5.96 Å². The van der Waals surface area contributed by atoms with Crippen molar-refractivity contribution in [2.24, 2.45) is 4.99 Å². The summed E-state index contributed by atoms with van der Waals surface area (Å²) in [5.41, 5.74) is 2.36. The maximum absolute atomic E-state index is 12.9. The molecular formula is C20H27FN4. The summed E-state index contributed by atoms with van der Waals surface area (Å²) in [5.74, 6) is 0.565. The molecule has 1 atom stereocenters. The maximum atomic E-state index is 12.9. The quantitative estimate of drug-likeness (QED) is 0.600. The van der Waals surface area contributed by atoms with Crippen LogP contribution in [-0.4, -0.2) is 45.1 Å². The predicted octanol–water partition coefficient (Wildman–Crippen LogP) is 2.84. The molecule has 134 valence electrons. The van der Waals surface area contributed by atoms with E-state index in [0.717, 1.165) is 31.0 Å². The first kappa shape index (κ1) is 18.9. The van der Waals surface area contributed by atoms with E-state index >= 15 is 0 Å². The fraction of sp³-hybridized carbons (Fsp3) is 0.350. The molecule has 1 unspecified atom stereocenters. The molecule has 0 saturated carbocycles. The van der Waals surface area contributed by atoms with Gasteiger partial charge in [0.1, 0.15) is 5.82 Å². The minimum absolute atomic E-state index is 0.204. The molecule has 0 bridgehead atoms. The number of halogens is 1. The first-order chi connectivity index (χ1) is 12.1. The molecule has 2 N–H and O–H groups in total. The van der Waals surface area contributed by atoms with E-state index in [2.05, 4.69) is 58.9 Å². The van der Waals surface area contributed by atoms with Gasteiger partial charge in [0, 0.05) is 20.1 Å². The zero-order chi connectivity index (χ0) is 18.1. The molecule has 0 saturated heterocycles. The monoisotopic (exact) mass is 342 g/mol. The number of benzene rings is 2. The van der Waals surface area contributed by atoms with Gasteiger partial charge in [-0.3, -0.25) is 4.99 Å². The Morgan fingerprint density at radius 3 is 2.32 bits per heavy atom. The lowest BCUT2D eigenvalue weighted by Crippen LogP contribution is -2.42. The Balaban J connectivity index is 1.83. The van der Waals surface area contributed by atoms with Crippen molar-refractivity contribution in [3.05, 3.63) is 71.5 Å². The summed E-state index contributed by atoms with van der Waals surface area (Å²) in [4.78, 5) is 6.46. The molecule has 2 aromatic carbocycles. The summed E-state index contributed by atoms with van der Waals surface area (Å²) < 4.78 is 12.9. The second kappa shape index (κ2) is 9.79. The summed E-state index contributed by atoms with van der Waals surface area (Å²) in [7, 11) is 5.91. The van der Waals surface area contributed by atoms with Gasteiger partial charge in [-0.15, -0.1) is 0 Å². The summed E-state index contributed by atoms with van der Waals surface area (Å²) in [6, 6.07) is 17.3. The lowest BCUT2D eigenvalue weighted by Gasteiger charge is -2.26. The smallest absolute Gasteiger partial charge is 0.191 e. The number of likely N-dealkylation sites (N-methyl/N-ethyl adjacent to an activating group) is 1. The van der Waals surface area contributed by atoms with E-state index in [1.165, 1.54) is 17.7 Å². The van der Waals surface area contributed by atoms with Gasteiger partial charge >= 0.3 is 0 Å². The van der Waals surface area contributed by atoms with Gasteiger partial charge in [-0.1, -0.05) is 42.5 Å². The topological polar surface area (TPSA) is 39.7 Å². The first-order valence-electron chi connectivity index (χ1n) is 8.50. The van der Waals surface area contributed by atoms with Gasteiger partial charge in [0.05, 0.1) is 6.04 Å². The van der Waals surface area contributed by atoms with Crippen LogP contribution in [0, 0.1) is 5.82 Å². The van der Waals surface area contributed by atoms with E-state index in [-0.39, 0.29) is 11.9 Å². The SMILES string of the molecule is CN=C(NCCc1ccc(F)cc1)NCC(c1ccccc1)N(C)C. The number of nitrogens with zero attached hydrogens (tertiary/aromatic N) is 2. The zero-order valence-electron chi connectivity index (χ0n) is 15.2. The molecular weight excluding hydrogens is 315 g/mol. The molecule has 2 rings (SSSR count). The molecule has 0 heterocycles. The number of rotatable bonds is 7. The average Bonchev–Trinajstić information content (AvgIpc) is 2.62. The minimum atomic E-state index is -0.204. The average molecular weight is 342 g/mol. The van der Waals surface area contributed by atoms with Crippen LogP contribution in [0.15, 0.2) is 59.6 Å². The van der Waals surface area contributed by atoms with Gasteiger partial charge in [-0.25, -0.2) is 4.39 Å². The van der Waals surface area contributed by atoms with Crippen LogP contribution in [0.5, 0.6) is 0 Å². The zero-order valence-corrected chi connectivity index (χ0v) is 15.2. The Morgan fingerprint density at radius 1 is 1.04 bits per heavy atom. The number of hydrogen-bond acceptors (Lipinski definition) is 2. The van der Waals surface area contributed by atoms with Crippen LogP contribution in [0.25, 0.3) is 0 Å². The normalized spacial score (nSPS) is 12.9. The highest BCUT2D eigenvalue weighted by Gasteiger charge is 2.14. The Morgan fingerprint density at radius 2 is 1.72 bits per heavy atom. The number of nitrogens with one attached hydrogen (secondary N) is 2. The van der Waals surface area contributed by atoms with E-state index in [9.17, 15) is 4.39 Å². The van der Waals surface area contributed by atoms with E-state index in [4.69, 9.17) is 0 Å². The summed E-state index contributed by atoms with van der Waals surface area (Å²) in [6.07, 6.45) is 0.816. The van der Waals surface area contributed by atoms with Gasteiger partial charge in [-0.2, -0.15) is 0 Å². The second-order valence-corrected chi connectivity index (χ2v) is 6.15. The molecule has 0 aliphatic rings. The molecule has 0 spiro atoms. The number of guanidine groups is 1. The number of aliphatic imine (C=N–C) groups is 1. The molecule has 0 radical (unpaired) electrons. The van der Waals surface area contributed by atoms with Gasteiger partial charge in [-0.05, 0) is 43.8 Å². The third-order valence-corrected chi connectivity index (χ3v) is 4.11. The Hall–Kier alpha value is -2.40. The van der Waals surface area contributed by atoms with Crippen molar-refractivity contribution in [1.29, 1.82) is 0 Å². The van der Waals surface area contributed by atoms with E-state index in [1.807, 2.05) is 18.2 Å². The van der Waals surface area contributed by atoms with Crippen LogP contribution in [0.2, 0.25) is 0 Å². The molecule has 2 aromatic rings. The minimum Gasteiger partial charge on any atom is -0.356 e. The number of hydrogen-bond donors (Lipinski definition) is 2. The fourth-order valence-electron chi connectivity index (χ4n) is 2.66. The third kappa shape index (κ3) is 6.19. The van der Waals surface area contributed by atoms with Crippen molar-refractivity contribution in [2.45, 2.75) is 12.5 Å². The summed E-state index contributed by atoms with van der Waals surface area (Å²) in [6.45, 7) is 1.50. The highest BCUT2D eigenvalue weighted by atomic mass is 19.1. The molecule has 0 aliphatic carbocycles. The van der Waals surface area contributed by atoms with Crippen LogP contribution in [0.1, 0.15) is 17.2 Å². The van der Waals surface area contributed by atoms with E-state index in [0.29, 0.717) is 0 Å². The molecule has 4 nitrogen and oxygen atoms in total. The van der Waals surface area contributed by atoms with Crippen molar-refractivity contribution in [2.75, 3.05) is 34.2 Å². The lowest BCUT2D eigenvalue weighted by atomic mass is 10.1. The van der Waals surface area contributed by atoms with Crippen LogP contribution >= 0.6 is 0 Å². The molecule has 0 amide bonds. The second-order valence-electron chi connectivity index (χ2n) is 6.15. The Bertz CT molecular complexity index is 653. The first-order valence-corrected chi connectivity index (χ1v) is 8.50. The molecule has 25 heavy (non-hydrogen) atoms. The molecule has 0 aromatic heterocycles. The van der Waals surface area contributed by atoms with Crippen LogP contribution in [-0.2, 0) is 6.42 Å². The van der Waals surface area contributed by atoms with Crippen LogP contribution < -0.4 is 10.6 Å². The van der Waals surface area contributed by atoms with Crippen LogP contribution in [0.4, 0.5) is 4.39 Å². The standard InChI is InChI=1S/C20H27FN4/c1-22-20(23-14-13-16-9-11-18(21)12-10-16)24-15-19(25(2)3)17-7-5-4-6-8-17/h4-12,19H,13-15H2,1-3H3,(H2,22,23,24). The lowest BCUT2D eigenvalue weighted by molar-refractivity contribution is 0.298. The van der Waals surface area contributed by atoms with Gasteiger partial charge in [0.2, 0.25) is 0 Å². The molecule has 0 fully saturated rings. The third-order valence-electron chi connectivity index (χ3n) is 4.11. The maximum Gasteiger partial charge on any atom is 0.191 e. The van der Waals surface area contributed by atoms with Crippen molar-refractivity contribution in [3.63, 3.8) is 0 Å². The molecule has 5 heteroatoms. The predicted molar refractivity (Wildman–Crippen MR) is 102 cm³/mol. The highest BCUT2D eigenvalue weighted by Crippen LogP contribution is 2.16. The van der Waals surface area contributed by atoms with Crippen molar-refractivity contribution in [3.8, 4) is 0 Å². The van der Waals surface area contributed by atoms with Crippen molar-refractivity contribution in [1.82, 2.24) is 15.5 Å². The summed E-state index contributed by atoms with van der Waals surface area (Å²) >= 11 is 0. The van der Waals surface area contributed by atoms with Gasteiger partial charge < -0.3 is 15.5 Å². The summed E-state index contributed by atoms with van der Waals surface area (Å²) in [5, 5.41) is 6.69.